The molecule has 0 amide bonds. The Labute approximate surface area is 123 Å². The Hall–Kier alpha value is -1.32. The molecule has 4 heteroatoms. The van der Waals surface area contributed by atoms with Crippen LogP contribution in [0.5, 0.6) is 5.88 Å². The maximum absolute atomic E-state index is 5.96. The molecule has 1 unspecified atom stereocenters. The Bertz CT molecular complexity index is 582. The van der Waals surface area contributed by atoms with Crippen LogP contribution in [0.2, 0.25) is 0 Å². The number of alkyl halides is 1. The van der Waals surface area contributed by atoms with Gasteiger partial charge in [-0.1, -0.05) is 18.2 Å². The molecule has 1 aliphatic heterocycles. The predicted octanol–water partition coefficient (Wildman–Crippen LogP) is 3.92. The van der Waals surface area contributed by atoms with Crippen LogP contribution in [0.3, 0.4) is 0 Å². The zero-order valence-electron chi connectivity index (χ0n) is 11.3. The summed E-state index contributed by atoms with van der Waals surface area (Å²) in [4.78, 5) is 4.40. The van der Waals surface area contributed by atoms with Gasteiger partial charge < -0.3 is 9.47 Å². The number of hydrogen-bond donors (Lipinski definition) is 0. The Morgan fingerprint density at radius 3 is 2.85 bits per heavy atom. The van der Waals surface area contributed by atoms with E-state index in [1.807, 2.05) is 18.2 Å². The standard InChI is InChI=1S/C16H18ClNO2/c17-9-12-10-18-16(15-7-2-1-6-14(12)15)20-11-13-5-3-4-8-19-13/h1-2,6-7,10,13H,3-5,8-9,11H2. The van der Waals surface area contributed by atoms with Crippen molar-refractivity contribution >= 4 is 22.4 Å². The molecule has 1 fully saturated rings. The van der Waals surface area contributed by atoms with Gasteiger partial charge in [0.25, 0.3) is 0 Å². The Morgan fingerprint density at radius 1 is 1.25 bits per heavy atom. The average molecular weight is 292 g/mol. The molecule has 1 saturated heterocycles. The fraction of sp³-hybridized carbons (Fsp3) is 0.438. The van der Waals surface area contributed by atoms with Gasteiger partial charge in [-0.3, -0.25) is 0 Å². The summed E-state index contributed by atoms with van der Waals surface area (Å²) in [6.45, 7) is 1.41. The molecular formula is C16H18ClNO2. The van der Waals surface area contributed by atoms with Crippen molar-refractivity contribution in [1.82, 2.24) is 4.98 Å². The van der Waals surface area contributed by atoms with E-state index < -0.39 is 0 Å². The van der Waals surface area contributed by atoms with Gasteiger partial charge in [0.2, 0.25) is 5.88 Å². The summed E-state index contributed by atoms with van der Waals surface area (Å²) in [5.41, 5.74) is 1.03. The van der Waals surface area contributed by atoms with Crippen molar-refractivity contribution in [2.24, 2.45) is 0 Å². The molecule has 3 rings (SSSR count). The minimum Gasteiger partial charge on any atom is -0.474 e. The van der Waals surface area contributed by atoms with Gasteiger partial charge in [0.05, 0.1) is 6.10 Å². The van der Waals surface area contributed by atoms with Crippen molar-refractivity contribution in [2.75, 3.05) is 13.2 Å². The van der Waals surface area contributed by atoms with Crippen LogP contribution in [0.15, 0.2) is 30.5 Å². The van der Waals surface area contributed by atoms with Crippen molar-refractivity contribution < 1.29 is 9.47 Å². The summed E-state index contributed by atoms with van der Waals surface area (Å²) in [5, 5.41) is 2.12. The lowest BCUT2D eigenvalue weighted by Gasteiger charge is -2.22. The van der Waals surface area contributed by atoms with E-state index in [0.717, 1.165) is 35.8 Å². The average Bonchev–Trinajstić information content (AvgIpc) is 2.53. The highest BCUT2D eigenvalue weighted by atomic mass is 35.5. The van der Waals surface area contributed by atoms with Crippen molar-refractivity contribution in [3.63, 3.8) is 0 Å². The van der Waals surface area contributed by atoms with Gasteiger partial charge in [-0.2, -0.15) is 0 Å². The first-order valence-corrected chi connectivity index (χ1v) is 7.59. The lowest BCUT2D eigenvalue weighted by Crippen LogP contribution is -2.26. The fourth-order valence-corrected chi connectivity index (χ4v) is 2.77. The van der Waals surface area contributed by atoms with Crippen LogP contribution in [0.4, 0.5) is 0 Å². The number of ether oxygens (including phenoxy) is 2. The molecule has 1 aromatic carbocycles. The van der Waals surface area contributed by atoms with E-state index in [0.29, 0.717) is 18.4 Å². The van der Waals surface area contributed by atoms with Gasteiger partial charge in [-0.25, -0.2) is 4.98 Å². The number of fused-ring (bicyclic) bond motifs is 1. The van der Waals surface area contributed by atoms with E-state index in [-0.39, 0.29) is 6.10 Å². The molecule has 0 bridgehead atoms. The number of rotatable bonds is 4. The van der Waals surface area contributed by atoms with E-state index in [9.17, 15) is 0 Å². The van der Waals surface area contributed by atoms with E-state index in [4.69, 9.17) is 21.1 Å². The number of nitrogens with zero attached hydrogens (tertiary/aromatic N) is 1. The van der Waals surface area contributed by atoms with Crippen molar-refractivity contribution in [1.29, 1.82) is 0 Å². The first kappa shape index (κ1) is 13.7. The molecular weight excluding hydrogens is 274 g/mol. The first-order valence-electron chi connectivity index (χ1n) is 7.05. The smallest absolute Gasteiger partial charge is 0.221 e. The molecule has 0 saturated carbocycles. The monoisotopic (exact) mass is 291 g/mol. The fourth-order valence-electron chi connectivity index (χ4n) is 2.56. The molecule has 0 radical (unpaired) electrons. The third-order valence-corrected chi connectivity index (χ3v) is 3.95. The van der Waals surface area contributed by atoms with Crippen LogP contribution in [0, 0.1) is 0 Å². The second-order valence-corrected chi connectivity index (χ2v) is 5.33. The van der Waals surface area contributed by atoms with E-state index in [2.05, 4.69) is 11.1 Å². The van der Waals surface area contributed by atoms with Crippen LogP contribution in [0.1, 0.15) is 24.8 Å². The third-order valence-electron chi connectivity index (χ3n) is 3.66. The van der Waals surface area contributed by atoms with Crippen molar-refractivity contribution in [3.8, 4) is 5.88 Å². The molecule has 0 N–H and O–H groups in total. The Balaban J connectivity index is 1.80. The third kappa shape index (κ3) is 2.89. The molecule has 20 heavy (non-hydrogen) atoms. The summed E-state index contributed by atoms with van der Waals surface area (Å²) in [6.07, 6.45) is 5.43. The molecule has 3 nitrogen and oxygen atoms in total. The van der Waals surface area contributed by atoms with Gasteiger partial charge >= 0.3 is 0 Å². The topological polar surface area (TPSA) is 31.4 Å². The number of halogens is 1. The molecule has 0 aliphatic carbocycles. The Kier molecular flexibility index (Phi) is 4.38. The maximum atomic E-state index is 5.96. The van der Waals surface area contributed by atoms with Gasteiger partial charge in [0.15, 0.2) is 0 Å². The zero-order valence-corrected chi connectivity index (χ0v) is 12.1. The highest BCUT2D eigenvalue weighted by Crippen LogP contribution is 2.27. The normalized spacial score (nSPS) is 19.1. The largest absolute Gasteiger partial charge is 0.474 e. The van der Waals surface area contributed by atoms with Gasteiger partial charge in [0.1, 0.15) is 6.61 Å². The van der Waals surface area contributed by atoms with Crippen LogP contribution in [-0.2, 0) is 10.6 Å². The number of benzene rings is 1. The van der Waals surface area contributed by atoms with Gasteiger partial charge in [-0.05, 0) is 36.3 Å². The lowest BCUT2D eigenvalue weighted by atomic mass is 10.1. The number of pyridine rings is 1. The maximum Gasteiger partial charge on any atom is 0.221 e. The van der Waals surface area contributed by atoms with E-state index in [1.54, 1.807) is 6.20 Å². The minimum absolute atomic E-state index is 0.192. The molecule has 0 spiro atoms. The quantitative estimate of drug-likeness (QED) is 0.800. The molecule has 1 aliphatic rings. The van der Waals surface area contributed by atoms with Crippen LogP contribution in [0.25, 0.3) is 10.8 Å². The van der Waals surface area contributed by atoms with E-state index >= 15 is 0 Å². The first-order chi connectivity index (χ1) is 9.88. The molecule has 106 valence electrons. The summed E-state index contributed by atoms with van der Waals surface area (Å²) in [6, 6.07) is 8.08. The highest BCUT2D eigenvalue weighted by Gasteiger charge is 2.16. The van der Waals surface area contributed by atoms with Gasteiger partial charge in [0, 0.05) is 24.1 Å². The summed E-state index contributed by atoms with van der Waals surface area (Å²) in [7, 11) is 0. The second kappa shape index (κ2) is 6.42. The van der Waals surface area contributed by atoms with Crippen LogP contribution in [-0.4, -0.2) is 24.3 Å². The zero-order chi connectivity index (χ0) is 13.8. The van der Waals surface area contributed by atoms with Crippen LogP contribution >= 0.6 is 11.6 Å². The van der Waals surface area contributed by atoms with Crippen molar-refractivity contribution in [3.05, 3.63) is 36.0 Å². The summed E-state index contributed by atoms with van der Waals surface area (Å²) < 4.78 is 11.6. The summed E-state index contributed by atoms with van der Waals surface area (Å²) in [5.74, 6) is 1.13. The minimum atomic E-state index is 0.192. The van der Waals surface area contributed by atoms with Gasteiger partial charge in [-0.15, -0.1) is 11.6 Å². The number of aromatic nitrogens is 1. The Morgan fingerprint density at radius 2 is 2.10 bits per heavy atom. The van der Waals surface area contributed by atoms with Crippen LogP contribution < -0.4 is 4.74 Å². The number of hydrogen-bond acceptors (Lipinski definition) is 3. The molecule has 2 heterocycles. The molecule has 1 atom stereocenters. The second-order valence-electron chi connectivity index (χ2n) is 5.07. The SMILES string of the molecule is ClCc1cnc(OCC2CCCCO2)c2ccccc12. The van der Waals surface area contributed by atoms with E-state index in [1.165, 1.54) is 6.42 Å². The molecule has 2 aromatic rings. The lowest BCUT2D eigenvalue weighted by molar-refractivity contribution is -0.0116. The highest BCUT2D eigenvalue weighted by molar-refractivity contribution is 6.18. The predicted molar refractivity (Wildman–Crippen MR) is 80.4 cm³/mol. The summed E-state index contributed by atoms with van der Waals surface area (Å²) >= 11 is 5.96. The molecule has 1 aromatic heterocycles. The van der Waals surface area contributed by atoms with Crippen molar-refractivity contribution in [2.45, 2.75) is 31.2 Å².